The summed E-state index contributed by atoms with van der Waals surface area (Å²) in [6, 6.07) is 5.90. The first-order valence-electron chi connectivity index (χ1n) is 13.2. The van der Waals surface area contributed by atoms with Crippen molar-refractivity contribution < 1.29 is 19.1 Å². The maximum absolute atomic E-state index is 13.4. The number of nitrogens with zero attached hydrogens (tertiary/aromatic N) is 5. The molecule has 2 saturated heterocycles. The Kier molecular flexibility index (Phi) is 7.45. The zero-order valence-electron chi connectivity index (χ0n) is 21.4. The normalized spacial score (nSPS) is 19.6. The third-order valence-corrected chi connectivity index (χ3v) is 8.60. The van der Waals surface area contributed by atoms with Gasteiger partial charge in [-0.05, 0) is 63.1 Å². The maximum atomic E-state index is 13.4. The van der Waals surface area contributed by atoms with E-state index < -0.39 is 12.3 Å². The van der Waals surface area contributed by atoms with Gasteiger partial charge in [-0.25, -0.2) is 4.39 Å². The van der Waals surface area contributed by atoms with E-state index in [1.807, 2.05) is 24.0 Å². The molecule has 10 heteroatoms. The lowest BCUT2D eigenvalue weighted by atomic mass is 9.92. The molecule has 3 aliphatic rings. The smallest absolute Gasteiger partial charge is 0.274 e. The van der Waals surface area contributed by atoms with Gasteiger partial charge in [0.05, 0.1) is 5.60 Å². The van der Waals surface area contributed by atoms with Crippen molar-refractivity contribution in [3.63, 3.8) is 0 Å². The van der Waals surface area contributed by atoms with E-state index in [4.69, 9.17) is 11.6 Å². The van der Waals surface area contributed by atoms with Gasteiger partial charge < -0.3 is 19.8 Å². The molecule has 200 valence electrons. The van der Waals surface area contributed by atoms with Crippen molar-refractivity contribution in [2.45, 2.75) is 57.6 Å². The Bertz CT molecular complexity index is 1170. The average molecular weight is 532 g/mol. The largest absolute Gasteiger partial charge is 0.387 e. The van der Waals surface area contributed by atoms with Crippen molar-refractivity contribution in [2.75, 3.05) is 50.8 Å². The molecule has 2 aliphatic heterocycles. The average Bonchev–Trinajstić information content (AvgIpc) is 3.28. The summed E-state index contributed by atoms with van der Waals surface area (Å²) in [5.41, 5.74) is 3.15. The summed E-state index contributed by atoms with van der Waals surface area (Å²) in [5.74, 6) is -0.181. The molecule has 2 fully saturated rings. The minimum absolute atomic E-state index is 0.00307. The number of rotatable bonds is 5. The second-order valence-corrected chi connectivity index (χ2v) is 10.9. The van der Waals surface area contributed by atoms with Gasteiger partial charge in [-0.2, -0.15) is 5.10 Å². The molecule has 8 nitrogen and oxygen atoms in total. The fraction of sp³-hybridized carbons (Fsp3) is 0.593. The molecular formula is C27H35ClFN5O3. The van der Waals surface area contributed by atoms with Crippen molar-refractivity contribution in [3.05, 3.63) is 45.7 Å². The number of anilines is 1. The number of benzene rings is 1. The lowest BCUT2D eigenvalue weighted by Gasteiger charge is -2.37. The topological polar surface area (TPSA) is 81.9 Å². The molecule has 0 unspecified atom stereocenters. The van der Waals surface area contributed by atoms with Crippen LogP contribution >= 0.6 is 11.6 Å². The maximum Gasteiger partial charge on any atom is 0.274 e. The number of hydrogen-bond donors (Lipinski definition) is 1. The first-order valence-corrected chi connectivity index (χ1v) is 13.6. The second-order valence-electron chi connectivity index (χ2n) is 10.5. The Morgan fingerprint density at radius 1 is 1.05 bits per heavy atom. The molecule has 2 amide bonds. The second kappa shape index (κ2) is 10.6. The lowest BCUT2D eigenvalue weighted by Crippen LogP contribution is -2.50. The number of hydrogen-bond acceptors (Lipinski definition) is 5. The molecule has 0 atom stereocenters. The minimum atomic E-state index is -1.34. The zero-order chi connectivity index (χ0) is 26.2. The number of piperazine rings is 1. The van der Waals surface area contributed by atoms with Gasteiger partial charge >= 0.3 is 0 Å². The van der Waals surface area contributed by atoms with Gasteiger partial charge in [-0.1, -0.05) is 17.7 Å². The molecule has 0 spiro atoms. The highest BCUT2D eigenvalue weighted by molar-refractivity contribution is 6.31. The third kappa shape index (κ3) is 5.21. The molecular weight excluding hydrogens is 497 g/mol. The van der Waals surface area contributed by atoms with Crippen LogP contribution in [0.4, 0.5) is 10.1 Å². The van der Waals surface area contributed by atoms with Crippen LogP contribution < -0.4 is 4.90 Å². The number of piperidine rings is 1. The first kappa shape index (κ1) is 26.0. The van der Waals surface area contributed by atoms with Crippen LogP contribution in [0.15, 0.2) is 18.2 Å². The van der Waals surface area contributed by atoms with Crippen LogP contribution in [0.25, 0.3) is 0 Å². The molecule has 0 radical (unpaired) electrons. The third-order valence-electron chi connectivity index (χ3n) is 8.19. The van der Waals surface area contributed by atoms with Crippen molar-refractivity contribution in [1.82, 2.24) is 19.6 Å². The predicted molar refractivity (Wildman–Crippen MR) is 140 cm³/mol. The molecule has 2 aromatic rings. The van der Waals surface area contributed by atoms with E-state index in [0.29, 0.717) is 31.9 Å². The highest BCUT2D eigenvalue weighted by Gasteiger charge is 2.36. The fourth-order valence-electron chi connectivity index (χ4n) is 5.75. The summed E-state index contributed by atoms with van der Waals surface area (Å²) >= 11 is 6.30. The van der Waals surface area contributed by atoms with E-state index in [9.17, 15) is 19.1 Å². The lowest BCUT2D eigenvalue weighted by molar-refractivity contribution is -0.132. The van der Waals surface area contributed by atoms with Gasteiger partial charge in [0.15, 0.2) is 5.69 Å². The van der Waals surface area contributed by atoms with Gasteiger partial charge in [0.1, 0.15) is 13.2 Å². The van der Waals surface area contributed by atoms with Crippen LogP contribution in [0.2, 0.25) is 5.02 Å². The number of amides is 2. The number of carbonyl (C=O) groups is 2. The summed E-state index contributed by atoms with van der Waals surface area (Å²) in [7, 11) is 0. The van der Waals surface area contributed by atoms with Crippen LogP contribution in [-0.4, -0.2) is 88.0 Å². The Balaban J connectivity index is 1.26. The number of aliphatic hydroxyl groups is 1. The number of halogens is 2. The summed E-state index contributed by atoms with van der Waals surface area (Å²) in [5, 5.41) is 15.6. The first-order chi connectivity index (χ1) is 17.8. The van der Waals surface area contributed by atoms with Crippen molar-refractivity contribution in [2.24, 2.45) is 0 Å². The molecule has 1 aliphatic carbocycles. The van der Waals surface area contributed by atoms with Gasteiger partial charge in [0, 0.05) is 61.2 Å². The van der Waals surface area contributed by atoms with Gasteiger partial charge in [-0.3, -0.25) is 14.3 Å². The molecule has 37 heavy (non-hydrogen) atoms. The number of alkyl halides is 1. The molecule has 1 aromatic carbocycles. The quantitative estimate of drug-likeness (QED) is 0.641. The minimum Gasteiger partial charge on any atom is -0.387 e. The monoisotopic (exact) mass is 531 g/mol. The van der Waals surface area contributed by atoms with Crippen LogP contribution in [0.5, 0.6) is 0 Å². The molecule has 5 rings (SSSR count). The number of aromatic nitrogens is 2. The molecule has 0 bridgehead atoms. The zero-order valence-corrected chi connectivity index (χ0v) is 22.1. The predicted octanol–water partition coefficient (Wildman–Crippen LogP) is 3.01. The van der Waals surface area contributed by atoms with Gasteiger partial charge in [-0.15, -0.1) is 0 Å². The van der Waals surface area contributed by atoms with Gasteiger partial charge in [0.2, 0.25) is 5.91 Å². The molecule has 3 heterocycles. The standard InChI is InChI=1S/C27H35ClFN5O3/c1-19-21(28)6-4-8-22(19)31-13-15-32(16-14-31)24(35)17-34-23-7-3-2-5-20(23)25(30-34)26(36)33-11-9-27(37,18-29)10-12-33/h4,6,8,37H,2-3,5,7,9-18H2,1H3. The summed E-state index contributed by atoms with van der Waals surface area (Å²) in [6.45, 7) is 4.63. The van der Waals surface area contributed by atoms with E-state index >= 15 is 0 Å². The van der Waals surface area contributed by atoms with E-state index in [1.165, 1.54) is 0 Å². The Morgan fingerprint density at radius 2 is 1.76 bits per heavy atom. The molecule has 1 aromatic heterocycles. The summed E-state index contributed by atoms with van der Waals surface area (Å²) in [4.78, 5) is 32.4. The fourth-order valence-corrected chi connectivity index (χ4v) is 5.92. The van der Waals surface area contributed by atoms with E-state index in [-0.39, 0.29) is 31.2 Å². The number of fused-ring (bicyclic) bond motifs is 1. The van der Waals surface area contributed by atoms with E-state index in [0.717, 1.165) is 66.3 Å². The van der Waals surface area contributed by atoms with E-state index in [2.05, 4.69) is 16.1 Å². The Labute approximate surface area is 222 Å². The molecule has 1 N–H and O–H groups in total. The van der Waals surface area contributed by atoms with Crippen molar-refractivity contribution in [3.8, 4) is 0 Å². The Hall–Kier alpha value is -2.65. The summed E-state index contributed by atoms with van der Waals surface area (Å²) in [6.07, 6.45) is 4.00. The van der Waals surface area contributed by atoms with Gasteiger partial charge in [0.25, 0.3) is 5.91 Å². The van der Waals surface area contributed by atoms with Crippen LogP contribution in [-0.2, 0) is 24.2 Å². The van der Waals surface area contributed by atoms with Crippen LogP contribution in [0.3, 0.4) is 0 Å². The van der Waals surface area contributed by atoms with Crippen molar-refractivity contribution in [1.29, 1.82) is 0 Å². The highest BCUT2D eigenvalue weighted by atomic mass is 35.5. The van der Waals surface area contributed by atoms with Crippen LogP contribution in [0.1, 0.15) is 53.0 Å². The number of carbonyl (C=O) groups excluding carboxylic acids is 2. The SMILES string of the molecule is Cc1c(Cl)cccc1N1CCN(C(=O)Cn2nc(C(=O)N3CCC(O)(CF)CC3)c3c2CCCC3)CC1. The number of likely N-dealkylation sites (tertiary alicyclic amines) is 1. The van der Waals surface area contributed by atoms with E-state index in [1.54, 1.807) is 9.58 Å². The highest BCUT2D eigenvalue weighted by Crippen LogP contribution is 2.29. The molecule has 0 saturated carbocycles. The van der Waals surface area contributed by atoms with Crippen molar-refractivity contribution >= 4 is 29.1 Å². The Morgan fingerprint density at radius 3 is 2.46 bits per heavy atom. The summed E-state index contributed by atoms with van der Waals surface area (Å²) < 4.78 is 14.9. The van der Waals surface area contributed by atoms with Crippen LogP contribution in [0, 0.1) is 6.92 Å².